The van der Waals surface area contributed by atoms with Crippen LogP contribution in [0.3, 0.4) is 0 Å². The van der Waals surface area contributed by atoms with E-state index in [1.54, 1.807) is 32.2 Å². The summed E-state index contributed by atoms with van der Waals surface area (Å²) in [4.78, 5) is 12.3. The van der Waals surface area contributed by atoms with Gasteiger partial charge in [0, 0.05) is 23.6 Å². The summed E-state index contributed by atoms with van der Waals surface area (Å²) in [6, 6.07) is 12.0. The minimum absolute atomic E-state index is 0.164. The molecule has 0 aliphatic rings. The molecule has 0 spiro atoms. The van der Waals surface area contributed by atoms with Crippen LogP contribution in [0.2, 0.25) is 0 Å². The van der Waals surface area contributed by atoms with Crippen LogP contribution in [-0.4, -0.2) is 27.7 Å². The molecule has 2 aromatic rings. The molecule has 0 aliphatic carbocycles. The number of amides is 1. The molecule has 126 valence electrons. The molecule has 2 rings (SSSR count). The zero-order valence-corrected chi connectivity index (χ0v) is 14.6. The van der Waals surface area contributed by atoms with Crippen molar-refractivity contribution in [2.75, 3.05) is 18.7 Å². The van der Waals surface area contributed by atoms with E-state index in [0.717, 1.165) is 17.4 Å². The van der Waals surface area contributed by atoms with E-state index in [-0.39, 0.29) is 10.8 Å². The molecule has 0 bridgehead atoms. The third-order valence-corrected chi connectivity index (χ3v) is 4.56. The number of sulfone groups is 1. The molecule has 24 heavy (non-hydrogen) atoms. The normalized spacial score (nSPS) is 11.5. The average Bonchev–Trinajstić information content (AvgIpc) is 2.54. The summed E-state index contributed by atoms with van der Waals surface area (Å²) >= 11 is 0. The predicted octanol–water partition coefficient (Wildman–Crippen LogP) is 3.06. The van der Waals surface area contributed by atoms with Gasteiger partial charge in [-0.2, -0.15) is 0 Å². The van der Waals surface area contributed by atoms with Crippen LogP contribution >= 0.6 is 0 Å². The van der Waals surface area contributed by atoms with Crippen LogP contribution in [0.15, 0.2) is 53.4 Å². The quantitative estimate of drug-likeness (QED) is 0.846. The first-order valence-corrected chi connectivity index (χ1v) is 9.13. The molecule has 1 amide bonds. The molecule has 0 fully saturated rings. The molecule has 0 unspecified atom stereocenters. The van der Waals surface area contributed by atoms with Crippen molar-refractivity contribution in [1.82, 2.24) is 0 Å². The highest BCUT2D eigenvalue weighted by Crippen LogP contribution is 2.21. The molecule has 0 aliphatic heterocycles. The Morgan fingerprint density at radius 2 is 1.88 bits per heavy atom. The standard InChI is InChI=1S/C18H19NO4S/c1-13-8-10-15(24(3,21)22)12-16(13)19-18(20)11-9-14-6-4-5-7-17(14)23-2/h4-12H,1-3H3,(H,19,20)/b11-9+. The van der Waals surface area contributed by atoms with E-state index < -0.39 is 9.84 Å². The van der Waals surface area contributed by atoms with Crippen molar-refractivity contribution in [3.8, 4) is 5.75 Å². The molecule has 0 radical (unpaired) electrons. The second-order valence-corrected chi connectivity index (χ2v) is 7.33. The summed E-state index contributed by atoms with van der Waals surface area (Å²) in [6.07, 6.45) is 4.15. The maximum atomic E-state index is 12.1. The van der Waals surface area contributed by atoms with Crippen LogP contribution in [-0.2, 0) is 14.6 Å². The zero-order valence-electron chi connectivity index (χ0n) is 13.7. The van der Waals surface area contributed by atoms with Gasteiger partial charge in [0.15, 0.2) is 9.84 Å². The number of para-hydroxylation sites is 1. The Labute approximate surface area is 141 Å². The number of carbonyl (C=O) groups excluding carboxylic acids is 1. The van der Waals surface area contributed by atoms with Crippen molar-refractivity contribution in [3.05, 3.63) is 59.7 Å². The number of benzene rings is 2. The second-order valence-electron chi connectivity index (χ2n) is 5.31. The van der Waals surface area contributed by atoms with Gasteiger partial charge < -0.3 is 10.1 Å². The lowest BCUT2D eigenvalue weighted by atomic mass is 10.1. The maximum absolute atomic E-state index is 12.1. The van der Waals surface area contributed by atoms with Gasteiger partial charge in [0.2, 0.25) is 5.91 Å². The summed E-state index contributed by atoms with van der Waals surface area (Å²) in [5.74, 6) is 0.312. The van der Waals surface area contributed by atoms with E-state index in [1.807, 2.05) is 18.2 Å². The number of rotatable bonds is 5. The first kappa shape index (κ1) is 17.7. The predicted molar refractivity (Wildman–Crippen MR) is 94.9 cm³/mol. The molecule has 6 heteroatoms. The van der Waals surface area contributed by atoms with E-state index in [0.29, 0.717) is 11.4 Å². The largest absolute Gasteiger partial charge is 0.496 e. The fraction of sp³-hybridized carbons (Fsp3) is 0.167. The number of anilines is 1. The number of nitrogens with one attached hydrogen (secondary N) is 1. The van der Waals surface area contributed by atoms with Gasteiger partial charge >= 0.3 is 0 Å². The summed E-state index contributed by atoms with van der Waals surface area (Å²) < 4.78 is 28.5. The Bertz CT molecular complexity index is 886. The molecule has 0 saturated heterocycles. The van der Waals surface area contributed by atoms with Gasteiger partial charge in [-0.15, -0.1) is 0 Å². The van der Waals surface area contributed by atoms with Crippen molar-refractivity contribution in [1.29, 1.82) is 0 Å². The number of ether oxygens (including phenoxy) is 1. The smallest absolute Gasteiger partial charge is 0.248 e. The minimum Gasteiger partial charge on any atom is -0.496 e. The summed E-state index contributed by atoms with van der Waals surface area (Å²) in [5, 5.41) is 2.70. The number of hydrogen-bond donors (Lipinski definition) is 1. The molecule has 0 heterocycles. The van der Waals surface area contributed by atoms with Crippen molar-refractivity contribution >= 4 is 27.5 Å². The Morgan fingerprint density at radius 3 is 2.54 bits per heavy atom. The Morgan fingerprint density at radius 1 is 1.17 bits per heavy atom. The lowest BCUT2D eigenvalue weighted by Gasteiger charge is -2.08. The molecule has 0 saturated carbocycles. The molecule has 1 N–H and O–H groups in total. The van der Waals surface area contributed by atoms with Crippen LogP contribution in [0.1, 0.15) is 11.1 Å². The van der Waals surface area contributed by atoms with E-state index in [2.05, 4.69) is 5.32 Å². The highest BCUT2D eigenvalue weighted by Gasteiger charge is 2.10. The van der Waals surface area contributed by atoms with Gasteiger partial charge in [0.1, 0.15) is 5.75 Å². The van der Waals surface area contributed by atoms with Crippen LogP contribution in [0.4, 0.5) is 5.69 Å². The minimum atomic E-state index is -3.33. The second kappa shape index (κ2) is 7.31. The maximum Gasteiger partial charge on any atom is 0.248 e. The van der Waals surface area contributed by atoms with E-state index in [4.69, 9.17) is 4.74 Å². The first-order chi connectivity index (χ1) is 11.3. The van der Waals surface area contributed by atoms with E-state index in [9.17, 15) is 13.2 Å². The van der Waals surface area contributed by atoms with Gasteiger partial charge in [-0.1, -0.05) is 24.3 Å². The van der Waals surface area contributed by atoms with Crippen molar-refractivity contribution in [2.24, 2.45) is 0 Å². The van der Waals surface area contributed by atoms with Gasteiger partial charge in [-0.3, -0.25) is 4.79 Å². The van der Waals surface area contributed by atoms with Gasteiger partial charge in [0.25, 0.3) is 0 Å². The Hall–Kier alpha value is -2.60. The van der Waals surface area contributed by atoms with Gasteiger partial charge in [0.05, 0.1) is 12.0 Å². The fourth-order valence-electron chi connectivity index (χ4n) is 2.11. The topological polar surface area (TPSA) is 72.5 Å². The van der Waals surface area contributed by atoms with Gasteiger partial charge in [-0.05, 0) is 36.8 Å². The first-order valence-electron chi connectivity index (χ1n) is 7.24. The summed E-state index contributed by atoms with van der Waals surface area (Å²) in [5.41, 5.74) is 2.02. The number of hydrogen-bond acceptors (Lipinski definition) is 4. The summed E-state index contributed by atoms with van der Waals surface area (Å²) in [6.45, 7) is 1.80. The van der Waals surface area contributed by atoms with Crippen LogP contribution in [0, 0.1) is 6.92 Å². The molecular formula is C18H19NO4S. The Balaban J connectivity index is 2.20. The van der Waals surface area contributed by atoms with Crippen LogP contribution in [0.25, 0.3) is 6.08 Å². The SMILES string of the molecule is COc1ccccc1/C=C/C(=O)Nc1cc(S(C)(=O)=O)ccc1C. The third kappa shape index (κ3) is 4.45. The molecule has 0 atom stereocenters. The van der Waals surface area contributed by atoms with E-state index >= 15 is 0 Å². The van der Waals surface area contributed by atoms with Crippen molar-refractivity contribution in [3.63, 3.8) is 0 Å². The van der Waals surface area contributed by atoms with Gasteiger partial charge in [-0.25, -0.2) is 8.42 Å². The summed E-state index contributed by atoms with van der Waals surface area (Å²) in [7, 11) is -1.77. The molecule has 2 aromatic carbocycles. The number of carbonyl (C=O) groups is 1. The monoisotopic (exact) mass is 345 g/mol. The lowest BCUT2D eigenvalue weighted by molar-refractivity contribution is -0.111. The van der Waals surface area contributed by atoms with Crippen molar-refractivity contribution < 1.29 is 17.9 Å². The third-order valence-electron chi connectivity index (χ3n) is 3.45. The lowest BCUT2D eigenvalue weighted by Crippen LogP contribution is -2.10. The van der Waals surface area contributed by atoms with Crippen LogP contribution < -0.4 is 10.1 Å². The number of aryl methyl sites for hydroxylation is 1. The number of methoxy groups -OCH3 is 1. The fourth-order valence-corrected chi connectivity index (χ4v) is 2.76. The zero-order chi connectivity index (χ0) is 17.7. The Kier molecular flexibility index (Phi) is 5.41. The highest BCUT2D eigenvalue weighted by atomic mass is 32.2. The van der Waals surface area contributed by atoms with Crippen LogP contribution in [0.5, 0.6) is 5.75 Å². The average molecular weight is 345 g/mol. The molecule has 0 aromatic heterocycles. The highest BCUT2D eigenvalue weighted by molar-refractivity contribution is 7.90. The molecular weight excluding hydrogens is 326 g/mol. The molecule has 5 nitrogen and oxygen atoms in total. The van der Waals surface area contributed by atoms with E-state index in [1.165, 1.54) is 18.2 Å². The van der Waals surface area contributed by atoms with Crippen molar-refractivity contribution in [2.45, 2.75) is 11.8 Å².